The van der Waals surface area contributed by atoms with E-state index in [1.807, 2.05) is 54.6 Å². The maximum atomic E-state index is 12.3. The lowest BCUT2D eigenvalue weighted by Crippen LogP contribution is -2.42. The Balaban J connectivity index is 1.58. The zero-order valence-electron chi connectivity index (χ0n) is 17.8. The number of H-pyrrole nitrogens is 1. The molecule has 0 aliphatic carbocycles. The van der Waals surface area contributed by atoms with Gasteiger partial charge >= 0.3 is 5.97 Å². The van der Waals surface area contributed by atoms with Gasteiger partial charge in [0.1, 0.15) is 6.04 Å². The van der Waals surface area contributed by atoms with Crippen LogP contribution in [0.4, 0.5) is 0 Å². The van der Waals surface area contributed by atoms with Gasteiger partial charge in [0, 0.05) is 18.5 Å². The summed E-state index contributed by atoms with van der Waals surface area (Å²) in [5, 5.41) is 25.5. The summed E-state index contributed by atoms with van der Waals surface area (Å²) >= 11 is 0. The van der Waals surface area contributed by atoms with E-state index in [9.17, 15) is 14.7 Å². The van der Waals surface area contributed by atoms with E-state index in [0.29, 0.717) is 5.82 Å². The molecule has 1 aromatic heterocycles. The quantitative estimate of drug-likeness (QED) is 0.461. The summed E-state index contributed by atoms with van der Waals surface area (Å²) in [6.07, 6.45) is 0.264. The van der Waals surface area contributed by atoms with Crippen molar-refractivity contribution < 1.29 is 14.7 Å². The Hall–Kier alpha value is -4.07. The Bertz CT molecular complexity index is 1250. The first-order valence-electron chi connectivity index (χ1n) is 10.4. The summed E-state index contributed by atoms with van der Waals surface area (Å²) < 4.78 is 0. The van der Waals surface area contributed by atoms with Gasteiger partial charge in [-0.05, 0) is 51.7 Å². The summed E-state index contributed by atoms with van der Waals surface area (Å²) in [7, 11) is 0. The summed E-state index contributed by atoms with van der Waals surface area (Å²) in [5.74, 6) is -0.641. The Labute approximate surface area is 184 Å². The highest BCUT2D eigenvalue weighted by Gasteiger charge is 2.24. The largest absolute Gasteiger partial charge is 0.480 e. The van der Waals surface area contributed by atoms with Crippen LogP contribution in [0.25, 0.3) is 33.3 Å². The molecule has 2 N–H and O–H groups in total. The van der Waals surface area contributed by atoms with Gasteiger partial charge in [-0.2, -0.15) is 5.21 Å². The van der Waals surface area contributed by atoms with E-state index in [1.54, 1.807) is 6.92 Å². The molecule has 0 aliphatic rings. The number of carbonyl (C=O) groups excluding carboxylic acids is 1. The van der Waals surface area contributed by atoms with Crippen molar-refractivity contribution in [3.8, 4) is 22.5 Å². The van der Waals surface area contributed by atoms with Crippen LogP contribution in [0.5, 0.6) is 0 Å². The fraction of sp³-hybridized carbons (Fsp3) is 0.208. The number of fused-ring (bicyclic) bond motifs is 1. The van der Waals surface area contributed by atoms with Gasteiger partial charge in [-0.25, -0.2) is 4.79 Å². The smallest absolute Gasteiger partial charge is 0.326 e. The number of hydrogen-bond donors (Lipinski definition) is 2. The van der Waals surface area contributed by atoms with Crippen LogP contribution in [0, 0.1) is 0 Å². The number of aromatic amines is 1. The topological polar surface area (TPSA) is 112 Å². The van der Waals surface area contributed by atoms with E-state index >= 15 is 0 Å². The van der Waals surface area contributed by atoms with Crippen LogP contribution in [-0.2, 0) is 16.1 Å². The van der Waals surface area contributed by atoms with Gasteiger partial charge in [0.2, 0.25) is 11.7 Å². The summed E-state index contributed by atoms with van der Waals surface area (Å²) in [6, 6.07) is 19.2. The number of carbonyl (C=O) groups is 2. The molecule has 0 bridgehead atoms. The fourth-order valence-electron chi connectivity index (χ4n) is 3.64. The third-order valence-corrected chi connectivity index (χ3v) is 5.53. The highest BCUT2D eigenvalue weighted by atomic mass is 16.4. The van der Waals surface area contributed by atoms with Gasteiger partial charge in [-0.3, -0.25) is 4.79 Å². The second-order valence-electron chi connectivity index (χ2n) is 7.60. The average molecular weight is 429 g/mol. The van der Waals surface area contributed by atoms with Crippen LogP contribution in [0.3, 0.4) is 0 Å². The molecule has 1 atom stereocenters. The van der Waals surface area contributed by atoms with Crippen LogP contribution in [-0.4, -0.2) is 48.5 Å². The number of tetrazole rings is 1. The number of nitrogens with one attached hydrogen (secondary N) is 1. The Kier molecular flexibility index (Phi) is 5.93. The number of nitrogens with zero attached hydrogens (tertiary/aromatic N) is 4. The first kappa shape index (κ1) is 21.2. The normalized spacial score (nSPS) is 11.9. The van der Waals surface area contributed by atoms with Crippen molar-refractivity contribution in [3.05, 3.63) is 66.2 Å². The maximum absolute atomic E-state index is 12.3. The average Bonchev–Trinajstić information content (AvgIpc) is 3.36. The van der Waals surface area contributed by atoms with Crippen LogP contribution in [0.1, 0.15) is 25.8 Å². The maximum Gasteiger partial charge on any atom is 0.326 e. The van der Waals surface area contributed by atoms with Gasteiger partial charge < -0.3 is 10.0 Å². The van der Waals surface area contributed by atoms with Crippen molar-refractivity contribution in [1.82, 2.24) is 25.5 Å². The number of carboxylic acid groups (broad SMARTS) is 1. The zero-order valence-corrected chi connectivity index (χ0v) is 17.8. The second kappa shape index (κ2) is 8.97. The number of hydrogen-bond acceptors (Lipinski definition) is 5. The number of rotatable bonds is 7. The standard InChI is InChI=1S/C24H23N5O3/c1-3-22(30)29(15(2)24(31)32)14-16-4-5-21-13-20(11-10-19(21)12-16)17-6-8-18(9-7-17)23-25-27-28-26-23/h4-13,15H,3,14H2,1-2H3,(H,31,32)(H,25,26,27,28). The van der Waals surface area contributed by atoms with E-state index in [2.05, 4.69) is 26.7 Å². The lowest BCUT2D eigenvalue weighted by atomic mass is 9.99. The van der Waals surface area contributed by atoms with E-state index < -0.39 is 12.0 Å². The minimum Gasteiger partial charge on any atom is -0.480 e. The molecular formula is C24H23N5O3. The molecule has 1 heterocycles. The molecule has 0 spiro atoms. The summed E-state index contributed by atoms with van der Waals surface area (Å²) in [6.45, 7) is 3.53. The summed E-state index contributed by atoms with van der Waals surface area (Å²) in [5.41, 5.74) is 3.92. The van der Waals surface area contributed by atoms with Crippen LogP contribution < -0.4 is 0 Å². The Morgan fingerprint density at radius 3 is 2.28 bits per heavy atom. The molecule has 8 heteroatoms. The molecule has 0 saturated heterocycles. The van der Waals surface area contributed by atoms with Crippen LogP contribution in [0.15, 0.2) is 60.7 Å². The third kappa shape index (κ3) is 4.34. The summed E-state index contributed by atoms with van der Waals surface area (Å²) in [4.78, 5) is 25.1. The molecule has 4 aromatic rings. The monoisotopic (exact) mass is 429 g/mol. The lowest BCUT2D eigenvalue weighted by molar-refractivity contribution is -0.149. The van der Waals surface area contributed by atoms with Crippen molar-refractivity contribution in [2.75, 3.05) is 0 Å². The van der Waals surface area contributed by atoms with Crippen molar-refractivity contribution >= 4 is 22.6 Å². The minimum atomic E-state index is -1.01. The minimum absolute atomic E-state index is 0.181. The predicted octanol–water partition coefficient (Wildman–Crippen LogP) is 3.90. The molecule has 1 unspecified atom stereocenters. The molecule has 4 rings (SSSR count). The predicted molar refractivity (Wildman–Crippen MR) is 120 cm³/mol. The molecule has 0 radical (unpaired) electrons. The van der Waals surface area contributed by atoms with Gasteiger partial charge in [-0.15, -0.1) is 10.2 Å². The highest BCUT2D eigenvalue weighted by Crippen LogP contribution is 2.27. The molecule has 8 nitrogen and oxygen atoms in total. The lowest BCUT2D eigenvalue weighted by Gasteiger charge is -2.26. The van der Waals surface area contributed by atoms with Gasteiger partial charge in [0.15, 0.2) is 0 Å². The van der Waals surface area contributed by atoms with Crippen molar-refractivity contribution in [2.45, 2.75) is 32.9 Å². The molecule has 0 aliphatic heterocycles. The Morgan fingerprint density at radius 1 is 0.969 bits per heavy atom. The third-order valence-electron chi connectivity index (χ3n) is 5.53. The van der Waals surface area contributed by atoms with E-state index in [4.69, 9.17) is 0 Å². The first-order valence-corrected chi connectivity index (χ1v) is 10.4. The molecule has 0 fully saturated rings. The number of aliphatic carboxylic acids is 1. The number of benzene rings is 3. The number of amides is 1. The molecular weight excluding hydrogens is 406 g/mol. The van der Waals surface area contributed by atoms with Crippen LogP contribution >= 0.6 is 0 Å². The molecule has 162 valence electrons. The molecule has 32 heavy (non-hydrogen) atoms. The second-order valence-corrected chi connectivity index (χ2v) is 7.60. The molecule has 1 amide bonds. The van der Waals surface area contributed by atoms with Gasteiger partial charge in [0.05, 0.1) is 0 Å². The van der Waals surface area contributed by atoms with Crippen LogP contribution in [0.2, 0.25) is 0 Å². The SMILES string of the molecule is CCC(=O)N(Cc1ccc2cc(-c3ccc(-c4nn[nH]n4)cc3)ccc2c1)C(C)C(=O)O. The van der Waals surface area contributed by atoms with Gasteiger partial charge in [0.25, 0.3) is 0 Å². The zero-order chi connectivity index (χ0) is 22.7. The van der Waals surface area contributed by atoms with Crippen molar-refractivity contribution in [1.29, 1.82) is 0 Å². The van der Waals surface area contributed by atoms with E-state index in [1.165, 1.54) is 11.8 Å². The number of carboxylic acids is 1. The Morgan fingerprint density at radius 2 is 1.62 bits per heavy atom. The molecule has 0 saturated carbocycles. The molecule has 3 aromatic carbocycles. The first-order chi connectivity index (χ1) is 15.5. The van der Waals surface area contributed by atoms with Crippen molar-refractivity contribution in [2.24, 2.45) is 0 Å². The van der Waals surface area contributed by atoms with E-state index in [0.717, 1.165) is 33.0 Å². The fourth-order valence-corrected chi connectivity index (χ4v) is 3.64. The highest BCUT2D eigenvalue weighted by molar-refractivity contribution is 5.88. The van der Waals surface area contributed by atoms with Gasteiger partial charge in [-0.1, -0.05) is 55.5 Å². The number of aromatic nitrogens is 4. The van der Waals surface area contributed by atoms with E-state index in [-0.39, 0.29) is 18.9 Å². The van der Waals surface area contributed by atoms with Crippen molar-refractivity contribution in [3.63, 3.8) is 0 Å².